The van der Waals surface area contributed by atoms with E-state index in [0.29, 0.717) is 15.1 Å². The van der Waals surface area contributed by atoms with E-state index >= 15 is 0 Å². The SMILES string of the molecule is COc1ncc(=S)[nH]c1Br. The summed E-state index contributed by atoms with van der Waals surface area (Å²) in [4.78, 5) is 6.73. The Labute approximate surface area is 71.6 Å². The lowest BCUT2D eigenvalue weighted by Crippen LogP contribution is -1.90. The van der Waals surface area contributed by atoms with E-state index in [9.17, 15) is 0 Å². The van der Waals surface area contributed by atoms with Gasteiger partial charge < -0.3 is 9.72 Å². The molecule has 0 aromatic carbocycles. The van der Waals surface area contributed by atoms with Gasteiger partial charge in [0.15, 0.2) is 0 Å². The van der Waals surface area contributed by atoms with E-state index in [1.807, 2.05) is 0 Å². The molecular weight excluding hydrogens is 216 g/mol. The number of methoxy groups -OCH3 is 1. The zero-order valence-corrected chi connectivity index (χ0v) is 7.62. The van der Waals surface area contributed by atoms with E-state index in [0.717, 1.165) is 0 Å². The van der Waals surface area contributed by atoms with Crippen LogP contribution in [0.2, 0.25) is 0 Å². The highest BCUT2D eigenvalue weighted by atomic mass is 79.9. The van der Waals surface area contributed by atoms with E-state index in [1.54, 1.807) is 7.11 Å². The van der Waals surface area contributed by atoms with Crippen LogP contribution in [0.5, 0.6) is 5.88 Å². The number of nitrogens with one attached hydrogen (secondary N) is 1. The van der Waals surface area contributed by atoms with Crippen LogP contribution in [0.15, 0.2) is 10.8 Å². The lowest BCUT2D eigenvalue weighted by Gasteiger charge is -1.98. The van der Waals surface area contributed by atoms with Crippen molar-refractivity contribution in [3.05, 3.63) is 15.4 Å². The molecule has 0 fully saturated rings. The summed E-state index contributed by atoms with van der Waals surface area (Å²) in [7, 11) is 1.55. The fourth-order valence-corrected chi connectivity index (χ4v) is 1.27. The van der Waals surface area contributed by atoms with Crippen molar-refractivity contribution in [1.82, 2.24) is 9.97 Å². The van der Waals surface area contributed by atoms with Gasteiger partial charge in [0, 0.05) is 0 Å². The minimum absolute atomic E-state index is 0.508. The van der Waals surface area contributed by atoms with Crippen LogP contribution in [-0.4, -0.2) is 17.1 Å². The number of nitrogens with zero attached hydrogens (tertiary/aromatic N) is 1. The van der Waals surface area contributed by atoms with Gasteiger partial charge in [-0.1, -0.05) is 12.2 Å². The van der Waals surface area contributed by atoms with E-state index in [2.05, 4.69) is 25.9 Å². The summed E-state index contributed by atoms with van der Waals surface area (Å²) in [6.07, 6.45) is 1.53. The molecule has 1 rings (SSSR count). The van der Waals surface area contributed by atoms with Crippen LogP contribution < -0.4 is 4.74 Å². The Morgan fingerprint density at radius 2 is 2.50 bits per heavy atom. The standard InChI is InChI=1S/C5H5BrN2OS/c1-9-5-4(6)8-3(10)2-7-5/h2H,1H3,(H,8,10). The number of hydrogen-bond acceptors (Lipinski definition) is 3. The Balaban J connectivity index is 3.19. The Morgan fingerprint density at radius 1 is 1.80 bits per heavy atom. The monoisotopic (exact) mass is 220 g/mol. The second kappa shape index (κ2) is 3.12. The van der Waals surface area contributed by atoms with Gasteiger partial charge in [-0.2, -0.15) is 0 Å². The van der Waals surface area contributed by atoms with Gasteiger partial charge >= 0.3 is 0 Å². The minimum atomic E-state index is 0.508. The second-order valence-corrected chi connectivity index (χ2v) is 2.80. The molecule has 10 heavy (non-hydrogen) atoms. The van der Waals surface area contributed by atoms with E-state index in [4.69, 9.17) is 17.0 Å². The van der Waals surface area contributed by atoms with E-state index < -0.39 is 0 Å². The van der Waals surface area contributed by atoms with E-state index in [-0.39, 0.29) is 0 Å². The number of aromatic nitrogens is 2. The van der Waals surface area contributed by atoms with Crippen molar-refractivity contribution in [2.24, 2.45) is 0 Å². The number of aromatic amines is 1. The molecule has 1 N–H and O–H groups in total. The first-order chi connectivity index (χ1) is 4.74. The summed E-state index contributed by atoms with van der Waals surface area (Å²) in [5, 5.41) is 0. The van der Waals surface area contributed by atoms with Crippen LogP contribution in [0, 0.1) is 4.64 Å². The lowest BCUT2D eigenvalue weighted by atomic mass is 10.7. The van der Waals surface area contributed by atoms with Gasteiger partial charge in [-0.05, 0) is 15.9 Å². The summed E-state index contributed by atoms with van der Waals surface area (Å²) in [6.45, 7) is 0. The number of hydrogen-bond donors (Lipinski definition) is 1. The maximum absolute atomic E-state index is 4.86. The van der Waals surface area contributed by atoms with Crippen LogP contribution in [0.25, 0.3) is 0 Å². The van der Waals surface area contributed by atoms with Gasteiger partial charge in [-0.3, -0.25) is 0 Å². The first-order valence-electron chi connectivity index (χ1n) is 2.53. The molecule has 0 saturated heterocycles. The summed E-state index contributed by atoms with van der Waals surface area (Å²) in [6, 6.07) is 0. The average molecular weight is 221 g/mol. The largest absolute Gasteiger partial charge is 0.479 e. The molecule has 0 aliphatic carbocycles. The first-order valence-corrected chi connectivity index (χ1v) is 3.73. The van der Waals surface area contributed by atoms with Gasteiger partial charge in [0.05, 0.1) is 13.3 Å². The topological polar surface area (TPSA) is 37.9 Å². The van der Waals surface area contributed by atoms with Gasteiger partial charge in [0.25, 0.3) is 0 Å². The Bertz CT molecular complexity index is 285. The molecule has 5 heteroatoms. The quantitative estimate of drug-likeness (QED) is 0.736. The predicted octanol–water partition coefficient (Wildman–Crippen LogP) is 1.91. The van der Waals surface area contributed by atoms with Crippen molar-refractivity contribution in [2.45, 2.75) is 0 Å². The molecule has 1 heterocycles. The molecule has 0 aliphatic heterocycles. The van der Waals surface area contributed by atoms with Crippen molar-refractivity contribution < 1.29 is 4.74 Å². The zero-order valence-electron chi connectivity index (χ0n) is 5.22. The molecule has 1 aromatic rings. The van der Waals surface area contributed by atoms with Crippen molar-refractivity contribution >= 4 is 28.1 Å². The highest BCUT2D eigenvalue weighted by molar-refractivity contribution is 9.10. The molecule has 0 aliphatic rings. The van der Waals surface area contributed by atoms with Crippen LogP contribution in [0.1, 0.15) is 0 Å². The van der Waals surface area contributed by atoms with E-state index in [1.165, 1.54) is 6.20 Å². The second-order valence-electron chi connectivity index (χ2n) is 1.57. The molecule has 0 atom stereocenters. The van der Waals surface area contributed by atoms with Crippen LogP contribution in [0.4, 0.5) is 0 Å². The Kier molecular flexibility index (Phi) is 2.39. The fourth-order valence-electron chi connectivity index (χ4n) is 0.510. The van der Waals surface area contributed by atoms with Crippen molar-refractivity contribution in [3.8, 4) is 5.88 Å². The van der Waals surface area contributed by atoms with Gasteiger partial charge in [0.2, 0.25) is 5.88 Å². The molecule has 0 bridgehead atoms. The summed E-state index contributed by atoms with van der Waals surface area (Å²) < 4.78 is 6.11. The molecule has 54 valence electrons. The zero-order chi connectivity index (χ0) is 7.56. The summed E-state index contributed by atoms with van der Waals surface area (Å²) >= 11 is 8.00. The number of halogens is 1. The number of H-pyrrole nitrogens is 1. The molecular formula is C5H5BrN2OS. The van der Waals surface area contributed by atoms with Gasteiger partial charge in [-0.15, -0.1) is 0 Å². The third-order valence-corrected chi connectivity index (χ3v) is 1.66. The predicted molar refractivity (Wildman–Crippen MR) is 43.7 cm³/mol. The fraction of sp³-hybridized carbons (Fsp3) is 0.200. The molecule has 0 amide bonds. The van der Waals surface area contributed by atoms with Crippen molar-refractivity contribution in [1.29, 1.82) is 0 Å². The lowest BCUT2D eigenvalue weighted by molar-refractivity contribution is 0.392. The third kappa shape index (κ3) is 1.54. The maximum atomic E-state index is 4.86. The minimum Gasteiger partial charge on any atom is -0.479 e. The van der Waals surface area contributed by atoms with Crippen LogP contribution in [-0.2, 0) is 0 Å². The number of rotatable bonds is 1. The maximum Gasteiger partial charge on any atom is 0.245 e. The molecule has 0 unspecified atom stereocenters. The normalized spacial score (nSPS) is 9.40. The third-order valence-electron chi connectivity index (χ3n) is 0.913. The molecule has 3 nitrogen and oxygen atoms in total. The Morgan fingerprint density at radius 3 is 3.00 bits per heavy atom. The van der Waals surface area contributed by atoms with Crippen molar-refractivity contribution in [2.75, 3.05) is 7.11 Å². The van der Waals surface area contributed by atoms with Crippen LogP contribution in [0.3, 0.4) is 0 Å². The molecule has 0 spiro atoms. The summed E-state index contributed by atoms with van der Waals surface area (Å²) in [5.41, 5.74) is 0. The molecule has 0 radical (unpaired) electrons. The Hall–Kier alpha value is -0.420. The summed E-state index contributed by atoms with van der Waals surface area (Å²) in [5.74, 6) is 0.508. The average Bonchev–Trinajstić information content (AvgIpc) is 1.88. The van der Waals surface area contributed by atoms with Gasteiger partial charge in [0.1, 0.15) is 9.24 Å². The molecule has 0 saturated carbocycles. The van der Waals surface area contributed by atoms with Crippen molar-refractivity contribution in [3.63, 3.8) is 0 Å². The highest BCUT2D eigenvalue weighted by Gasteiger charge is 1.97. The van der Waals surface area contributed by atoms with Gasteiger partial charge in [-0.25, -0.2) is 4.98 Å². The smallest absolute Gasteiger partial charge is 0.245 e. The first kappa shape index (κ1) is 7.68. The molecule has 1 aromatic heterocycles. The number of ether oxygens (including phenoxy) is 1. The highest BCUT2D eigenvalue weighted by Crippen LogP contribution is 2.16. The van der Waals surface area contributed by atoms with Crippen LogP contribution >= 0.6 is 28.1 Å².